The maximum atomic E-state index is 12.3. The lowest BCUT2D eigenvalue weighted by Crippen LogP contribution is -2.37. The molecule has 2 atom stereocenters. The van der Waals surface area contributed by atoms with E-state index in [-0.39, 0.29) is 11.6 Å². The fourth-order valence-corrected chi connectivity index (χ4v) is 2.92. The summed E-state index contributed by atoms with van der Waals surface area (Å²) in [7, 11) is 1.46. The van der Waals surface area contributed by atoms with Crippen molar-refractivity contribution in [1.29, 1.82) is 0 Å². The molecule has 0 saturated heterocycles. The van der Waals surface area contributed by atoms with Gasteiger partial charge in [-0.25, -0.2) is 4.79 Å². The van der Waals surface area contributed by atoms with Gasteiger partial charge in [-0.3, -0.25) is 4.79 Å². The SMILES string of the molecule is COc1ccccc1C(=O)O[C@@H](C)C(=O)N[C@@H](C)c1ccc(Cl)cc1Cl. The molecule has 2 aromatic carbocycles. The van der Waals surface area contributed by atoms with Gasteiger partial charge in [-0.2, -0.15) is 0 Å². The molecule has 0 aliphatic carbocycles. The van der Waals surface area contributed by atoms with E-state index in [1.807, 2.05) is 0 Å². The fourth-order valence-electron chi connectivity index (χ4n) is 2.35. The molecule has 2 aromatic rings. The quantitative estimate of drug-likeness (QED) is 0.734. The summed E-state index contributed by atoms with van der Waals surface area (Å²) in [5.41, 5.74) is 0.969. The number of amides is 1. The van der Waals surface area contributed by atoms with Crippen LogP contribution in [0.2, 0.25) is 10.0 Å². The third kappa shape index (κ3) is 4.90. The fraction of sp³-hybridized carbons (Fsp3) is 0.263. The topological polar surface area (TPSA) is 64.6 Å². The normalized spacial score (nSPS) is 12.8. The second-order valence-electron chi connectivity index (χ2n) is 5.64. The van der Waals surface area contributed by atoms with E-state index in [0.717, 1.165) is 0 Å². The lowest BCUT2D eigenvalue weighted by Gasteiger charge is -2.19. The zero-order valence-corrected chi connectivity index (χ0v) is 16.1. The van der Waals surface area contributed by atoms with Crippen molar-refractivity contribution in [2.45, 2.75) is 26.0 Å². The van der Waals surface area contributed by atoms with Gasteiger partial charge >= 0.3 is 5.97 Å². The number of carbonyl (C=O) groups excluding carboxylic acids is 2. The second kappa shape index (κ2) is 8.92. The van der Waals surface area contributed by atoms with Crippen LogP contribution < -0.4 is 10.1 Å². The molecule has 0 heterocycles. The number of methoxy groups -OCH3 is 1. The maximum absolute atomic E-state index is 12.3. The Morgan fingerprint density at radius 1 is 1.08 bits per heavy atom. The van der Waals surface area contributed by atoms with Crippen LogP contribution in [0, 0.1) is 0 Å². The minimum Gasteiger partial charge on any atom is -0.496 e. The van der Waals surface area contributed by atoms with Crippen molar-refractivity contribution >= 4 is 35.1 Å². The van der Waals surface area contributed by atoms with Gasteiger partial charge in [-0.15, -0.1) is 0 Å². The summed E-state index contributed by atoms with van der Waals surface area (Å²) < 4.78 is 10.4. The molecule has 0 aliphatic heterocycles. The van der Waals surface area contributed by atoms with E-state index in [1.54, 1.807) is 49.4 Å². The molecular formula is C19H19Cl2NO4. The summed E-state index contributed by atoms with van der Waals surface area (Å²) in [6, 6.07) is 11.3. The summed E-state index contributed by atoms with van der Waals surface area (Å²) in [5.74, 6) is -0.694. The minimum absolute atomic E-state index is 0.253. The van der Waals surface area contributed by atoms with E-state index in [2.05, 4.69) is 5.32 Å². The van der Waals surface area contributed by atoms with Crippen LogP contribution in [-0.2, 0) is 9.53 Å². The van der Waals surface area contributed by atoms with Crippen molar-refractivity contribution in [1.82, 2.24) is 5.32 Å². The van der Waals surface area contributed by atoms with Crippen LogP contribution in [-0.4, -0.2) is 25.1 Å². The lowest BCUT2D eigenvalue weighted by atomic mass is 10.1. The zero-order chi connectivity index (χ0) is 19.3. The number of nitrogens with one attached hydrogen (secondary N) is 1. The summed E-state index contributed by atoms with van der Waals surface area (Å²) >= 11 is 12.0. The molecule has 0 saturated carbocycles. The summed E-state index contributed by atoms with van der Waals surface area (Å²) in [5, 5.41) is 3.73. The summed E-state index contributed by atoms with van der Waals surface area (Å²) in [4.78, 5) is 24.6. The third-order valence-corrected chi connectivity index (χ3v) is 4.33. The standard InChI is InChI=1S/C19H19Cl2NO4/c1-11(14-9-8-13(20)10-16(14)21)22-18(23)12(2)26-19(24)15-6-4-5-7-17(15)25-3/h4-12H,1-3H3,(H,22,23)/t11-,12-/m0/s1. The molecule has 7 heteroatoms. The van der Waals surface area contributed by atoms with Gasteiger partial charge in [0.05, 0.1) is 13.2 Å². The molecule has 0 radical (unpaired) electrons. The Hall–Kier alpha value is -2.24. The van der Waals surface area contributed by atoms with Crippen LogP contribution in [0.5, 0.6) is 5.75 Å². The molecule has 0 unspecified atom stereocenters. The number of carbonyl (C=O) groups is 2. The predicted octanol–water partition coefficient (Wildman–Crippen LogP) is 4.42. The van der Waals surface area contributed by atoms with Gasteiger partial charge in [-0.1, -0.05) is 41.4 Å². The highest BCUT2D eigenvalue weighted by Crippen LogP contribution is 2.26. The van der Waals surface area contributed by atoms with Gasteiger partial charge in [0.1, 0.15) is 11.3 Å². The molecule has 138 valence electrons. The molecule has 0 fully saturated rings. The summed E-state index contributed by atoms with van der Waals surface area (Å²) in [6.07, 6.45) is -0.985. The van der Waals surface area contributed by atoms with E-state index >= 15 is 0 Å². The summed E-state index contributed by atoms with van der Waals surface area (Å²) in [6.45, 7) is 3.28. The Labute approximate surface area is 162 Å². The molecule has 0 aromatic heterocycles. The van der Waals surface area contributed by atoms with Gasteiger partial charge in [0.2, 0.25) is 0 Å². The maximum Gasteiger partial charge on any atom is 0.342 e. The number of hydrogen-bond acceptors (Lipinski definition) is 4. The average Bonchev–Trinajstić information content (AvgIpc) is 2.61. The van der Waals surface area contributed by atoms with Gasteiger partial charge in [0.25, 0.3) is 5.91 Å². The first-order valence-corrected chi connectivity index (χ1v) is 8.68. The van der Waals surface area contributed by atoms with Crippen LogP contribution in [0.25, 0.3) is 0 Å². The third-order valence-electron chi connectivity index (χ3n) is 3.77. The van der Waals surface area contributed by atoms with E-state index in [4.69, 9.17) is 32.7 Å². The molecule has 26 heavy (non-hydrogen) atoms. The van der Waals surface area contributed by atoms with Crippen molar-refractivity contribution in [2.24, 2.45) is 0 Å². The Balaban J connectivity index is 2.01. The molecule has 5 nitrogen and oxygen atoms in total. The van der Waals surface area contributed by atoms with E-state index in [9.17, 15) is 9.59 Å². The highest BCUT2D eigenvalue weighted by atomic mass is 35.5. The van der Waals surface area contributed by atoms with Crippen LogP contribution in [0.3, 0.4) is 0 Å². The van der Waals surface area contributed by atoms with Gasteiger partial charge in [0.15, 0.2) is 6.10 Å². The van der Waals surface area contributed by atoms with Crippen LogP contribution in [0.4, 0.5) is 0 Å². The Kier molecular flexibility index (Phi) is 6.89. The first-order valence-electron chi connectivity index (χ1n) is 7.92. The zero-order valence-electron chi connectivity index (χ0n) is 14.6. The molecule has 0 spiro atoms. The van der Waals surface area contributed by atoms with Crippen molar-refractivity contribution in [2.75, 3.05) is 7.11 Å². The second-order valence-corrected chi connectivity index (χ2v) is 6.49. The highest BCUT2D eigenvalue weighted by Gasteiger charge is 2.23. The molecule has 0 bridgehead atoms. The molecular weight excluding hydrogens is 377 g/mol. The first kappa shape index (κ1) is 20.1. The Bertz CT molecular complexity index is 810. The van der Waals surface area contributed by atoms with E-state index < -0.39 is 18.0 Å². The Morgan fingerprint density at radius 2 is 1.77 bits per heavy atom. The molecule has 2 rings (SSSR count). The monoisotopic (exact) mass is 395 g/mol. The number of hydrogen-bond donors (Lipinski definition) is 1. The number of para-hydroxylation sites is 1. The van der Waals surface area contributed by atoms with E-state index in [0.29, 0.717) is 21.4 Å². The van der Waals surface area contributed by atoms with Gasteiger partial charge in [-0.05, 0) is 43.7 Å². The minimum atomic E-state index is -0.985. The first-order chi connectivity index (χ1) is 12.3. The Morgan fingerprint density at radius 3 is 2.42 bits per heavy atom. The predicted molar refractivity (Wildman–Crippen MR) is 101 cm³/mol. The van der Waals surface area contributed by atoms with Crippen molar-refractivity contribution in [3.05, 3.63) is 63.6 Å². The molecule has 0 aliphatic rings. The smallest absolute Gasteiger partial charge is 0.342 e. The molecule has 1 N–H and O–H groups in total. The van der Waals surface area contributed by atoms with Crippen LogP contribution in [0.15, 0.2) is 42.5 Å². The molecule has 1 amide bonds. The van der Waals surface area contributed by atoms with Crippen molar-refractivity contribution in [3.8, 4) is 5.75 Å². The van der Waals surface area contributed by atoms with Crippen LogP contribution >= 0.6 is 23.2 Å². The highest BCUT2D eigenvalue weighted by molar-refractivity contribution is 6.35. The van der Waals surface area contributed by atoms with E-state index in [1.165, 1.54) is 14.0 Å². The van der Waals surface area contributed by atoms with Gasteiger partial charge in [0, 0.05) is 10.0 Å². The number of benzene rings is 2. The number of esters is 1. The number of rotatable bonds is 6. The van der Waals surface area contributed by atoms with Crippen molar-refractivity contribution in [3.63, 3.8) is 0 Å². The largest absolute Gasteiger partial charge is 0.496 e. The van der Waals surface area contributed by atoms with Crippen LogP contribution in [0.1, 0.15) is 35.8 Å². The number of ether oxygens (including phenoxy) is 2. The lowest BCUT2D eigenvalue weighted by molar-refractivity contribution is -0.129. The average molecular weight is 396 g/mol. The van der Waals surface area contributed by atoms with Gasteiger partial charge < -0.3 is 14.8 Å². The van der Waals surface area contributed by atoms with Crippen molar-refractivity contribution < 1.29 is 19.1 Å². The number of halogens is 2.